The number of methoxy groups -OCH3 is 1. The number of hydrogen-bond donors (Lipinski definition) is 1. The van der Waals surface area contributed by atoms with Crippen LogP contribution in [0.2, 0.25) is 0 Å². The van der Waals surface area contributed by atoms with Crippen molar-refractivity contribution in [2.45, 2.75) is 32.2 Å². The Bertz CT molecular complexity index is 235. The first-order chi connectivity index (χ1) is 9.79. The lowest BCUT2D eigenvalue weighted by Gasteiger charge is -2.47. The summed E-state index contributed by atoms with van der Waals surface area (Å²) in [5, 5.41) is 3.52. The van der Waals surface area contributed by atoms with Gasteiger partial charge in [0.15, 0.2) is 0 Å². The molecular formula is C15H32N2O3. The van der Waals surface area contributed by atoms with E-state index in [0.29, 0.717) is 32.0 Å². The van der Waals surface area contributed by atoms with Crippen molar-refractivity contribution in [1.82, 2.24) is 10.2 Å². The van der Waals surface area contributed by atoms with Gasteiger partial charge in [-0.05, 0) is 12.8 Å². The van der Waals surface area contributed by atoms with E-state index in [2.05, 4.69) is 24.1 Å². The summed E-state index contributed by atoms with van der Waals surface area (Å²) in [6.07, 6.45) is 2.38. The van der Waals surface area contributed by atoms with Gasteiger partial charge in [0.05, 0.1) is 33.0 Å². The summed E-state index contributed by atoms with van der Waals surface area (Å²) in [4.78, 5) is 2.59. The predicted molar refractivity (Wildman–Crippen MR) is 81.3 cm³/mol. The van der Waals surface area contributed by atoms with Crippen molar-refractivity contribution in [3.05, 3.63) is 0 Å². The molecule has 0 aromatic rings. The first kappa shape index (κ1) is 17.9. The fourth-order valence-electron chi connectivity index (χ4n) is 2.82. The zero-order valence-corrected chi connectivity index (χ0v) is 13.5. The summed E-state index contributed by atoms with van der Waals surface area (Å²) in [6.45, 7) is 12.3. The van der Waals surface area contributed by atoms with Crippen LogP contribution in [0.5, 0.6) is 0 Å². The highest BCUT2D eigenvalue weighted by Gasteiger charge is 2.34. The second-order valence-electron chi connectivity index (χ2n) is 5.31. The number of nitrogens with zero attached hydrogens (tertiary/aromatic N) is 1. The molecular weight excluding hydrogens is 256 g/mol. The monoisotopic (exact) mass is 288 g/mol. The van der Waals surface area contributed by atoms with E-state index in [4.69, 9.17) is 14.2 Å². The highest BCUT2D eigenvalue weighted by atomic mass is 16.5. The Morgan fingerprint density at radius 1 is 1.00 bits per heavy atom. The molecule has 5 nitrogen and oxygen atoms in total. The van der Waals surface area contributed by atoms with Gasteiger partial charge in [0.25, 0.3) is 0 Å². The molecule has 120 valence electrons. The molecule has 1 fully saturated rings. The van der Waals surface area contributed by atoms with Crippen LogP contribution in [0.1, 0.15) is 26.7 Å². The molecule has 0 spiro atoms. The van der Waals surface area contributed by atoms with Gasteiger partial charge in [0.1, 0.15) is 0 Å². The quantitative estimate of drug-likeness (QED) is 0.577. The van der Waals surface area contributed by atoms with E-state index < -0.39 is 0 Å². The van der Waals surface area contributed by atoms with E-state index in [-0.39, 0.29) is 0 Å². The molecule has 0 unspecified atom stereocenters. The molecule has 0 aliphatic carbocycles. The van der Waals surface area contributed by atoms with Crippen molar-refractivity contribution in [1.29, 1.82) is 0 Å². The summed E-state index contributed by atoms with van der Waals surface area (Å²) in [5.41, 5.74) is 0.316. The maximum atomic E-state index is 5.67. The second kappa shape index (κ2) is 10.5. The predicted octanol–water partition coefficient (Wildman–Crippen LogP) is 1.13. The molecule has 0 amide bonds. The Labute approximate surface area is 123 Å². The largest absolute Gasteiger partial charge is 0.382 e. The fraction of sp³-hybridized carbons (Fsp3) is 1.00. The summed E-state index contributed by atoms with van der Waals surface area (Å²) in [7, 11) is 1.68. The normalized spacial score (nSPS) is 19.4. The van der Waals surface area contributed by atoms with E-state index in [1.54, 1.807) is 7.11 Å². The van der Waals surface area contributed by atoms with E-state index in [0.717, 1.165) is 32.8 Å². The summed E-state index contributed by atoms with van der Waals surface area (Å²) >= 11 is 0. The van der Waals surface area contributed by atoms with Crippen molar-refractivity contribution in [3.8, 4) is 0 Å². The van der Waals surface area contributed by atoms with Crippen LogP contribution < -0.4 is 5.32 Å². The summed E-state index contributed by atoms with van der Waals surface area (Å²) in [6, 6.07) is 0. The maximum absolute atomic E-state index is 5.67. The van der Waals surface area contributed by atoms with Gasteiger partial charge in [-0.1, -0.05) is 13.8 Å². The van der Waals surface area contributed by atoms with Gasteiger partial charge >= 0.3 is 0 Å². The van der Waals surface area contributed by atoms with E-state index in [1.807, 2.05) is 0 Å². The average molecular weight is 288 g/mol. The number of hydrogen-bond acceptors (Lipinski definition) is 5. The molecule has 1 aliphatic heterocycles. The van der Waals surface area contributed by atoms with Crippen molar-refractivity contribution in [2.75, 3.05) is 66.3 Å². The number of rotatable bonds is 11. The SMILES string of the molecule is CCC1(CC)CNCCN1CCOCCOCCOC. The lowest BCUT2D eigenvalue weighted by atomic mass is 9.88. The molecule has 0 atom stereocenters. The molecule has 1 aliphatic rings. The Hall–Kier alpha value is -0.200. The van der Waals surface area contributed by atoms with Gasteiger partial charge < -0.3 is 19.5 Å². The van der Waals surface area contributed by atoms with Gasteiger partial charge in [-0.25, -0.2) is 0 Å². The van der Waals surface area contributed by atoms with Crippen LogP contribution in [-0.4, -0.2) is 76.8 Å². The highest BCUT2D eigenvalue weighted by Crippen LogP contribution is 2.24. The van der Waals surface area contributed by atoms with E-state index >= 15 is 0 Å². The molecule has 1 heterocycles. The third kappa shape index (κ3) is 5.66. The number of ether oxygens (including phenoxy) is 3. The van der Waals surface area contributed by atoms with Crippen LogP contribution in [0.3, 0.4) is 0 Å². The van der Waals surface area contributed by atoms with Crippen molar-refractivity contribution < 1.29 is 14.2 Å². The zero-order chi connectivity index (χ0) is 14.7. The lowest BCUT2D eigenvalue weighted by molar-refractivity contribution is -0.00357. The fourth-order valence-corrected chi connectivity index (χ4v) is 2.82. The lowest BCUT2D eigenvalue weighted by Crippen LogP contribution is -2.61. The van der Waals surface area contributed by atoms with Crippen molar-refractivity contribution in [3.63, 3.8) is 0 Å². The van der Waals surface area contributed by atoms with Crippen molar-refractivity contribution >= 4 is 0 Å². The smallest absolute Gasteiger partial charge is 0.0701 e. The minimum absolute atomic E-state index is 0.316. The molecule has 0 aromatic heterocycles. The van der Waals surface area contributed by atoms with Gasteiger partial charge in [-0.3, -0.25) is 4.90 Å². The topological polar surface area (TPSA) is 43.0 Å². The van der Waals surface area contributed by atoms with Gasteiger partial charge in [0.2, 0.25) is 0 Å². The molecule has 0 aromatic carbocycles. The molecule has 20 heavy (non-hydrogen) atoms. The van der Waals surface area contributed by atoms with Gasteiger partial charge in [-0.2, -0.15) is 0 Å². The van der Waals surface area contributed by atoms with Crippen LogP contribution >= 0.6 is 0 Å². The number of piperazine rings is 1. The maximum Gasteiger partial charge on any atom is 0.0701 e. The Kier molecular flexibility index (Phi) is 9.39. The summed E-state index contributed by atoms with van der Waals surface area (Å²) < 4.78 is 16.0. The molecule has 0 saturated carbocycles. The molecule has 0 radical (unpaired) electrons. The Morgan fingerprint density at radius 2 is 1.65 bits per heavy atom. The average Bonchev–Trinajstić information content (AvgIpc) is 2.50. The molecule has 1 rings (SSSR count). The molecule has 5 heteroatoms. The third-order valence-corrected chi connectivity index (χ3v) is 4.31. The Balaban J connectivity index is 2.13. The standard InChI is InChI=1S/C15H32N2O3/c1-4-15(5-2)14-16-6-7-17(15)8-9-19-12-13-20-11-10-18-3/h16H,4-14H2,1-3H3. The first-order valence-corrected chi connectivity index (χ1v) is 7.89. The highest BCUT2D eigenvalue weighted by molar-refractivity contribution is 4.93. The van der Waals surface area contributed by atoms with Crippen molar-refractivity contribution in [2.24, 2.45) is 0 Å². The minimum atomic E-state index is 0.316. The third-order valence-electron chi connectivity index (χ3n) is 4.31. The van der Waals surface area contributed by atoms with Crippen LogP contribution in [0.15, 0.2) is 0 Å². The second-order valence-corrected chi connectivity index (χ2v) is 5.31. The summed E-state index contributed by atoms with van der Waals surface area (Å²) in [5.74, 6) is 0. The minimum Gasteiger partial charge on any atom is -0.382 e. The first-order valence-electron chi connectivity index (χ1n) is 7.89. The molecule has 0 bridgehead atoms. The van der Waals surface area contributed by atoms with E-state index in [9.17, 15) is 0 Å². The van der Waals surface area contributed by atoms with Gasteiger partial charge in [0, 0.05) is 38.8 Å². The Morgan fingerprint density at radius 3 is 2.30 bits per heavy atom. The van der Waals surface area contributed by atoms with Crippen LogP contribution in [0.25, 0.3) is 0 Å². The van der Waals surface area contributed by atoms with Crippen LogP contribution in [0, 0.1) is 0 Å². The zero-order valence-electron chi connectivity index (χ0n) is 13.5. The van der Waals surface area contributed by atoms with E-state index in [1.165, 1.54) is 12.8 Å². The molecule has 1 N–H and O–H groups in total. The molecule has 1 saturated heterocycles. The van der Waals surface area contributed by atoms with Gasteiger partial charge in [-0.15, -0.1) is 0 Å². The van der Waals surface area contributed by atoms with Crippen LogP contribution in [-0.2, 0) is 14.2 Å². The number of nitrogens with one attached hydrogen (secondary N) is 1. The van der Waals surface area contributed by atoms with Crippen LogP contribution in [0.4, 0.5) is 0 Å².